The van der Waals surface area contributed by atoms with Gasteiger partial charge in [-0.2, -0.15) is 0 Å². The predicted molar refractivity (Wildman–Crippen MR) is 197 cm³/mol. The van der Waals surface area contributed by atoms with Crippen molar-refractivity contribution in [2.75, 3.05) is 26.2 Å². The number of unbranched alkanes of at least 4 members (excludes halogenated alkanes) is 1. The van der Waals surface area contributed by atoms with Crippen LogP contribution >= 0.6 is 0 Å². The monoisotopic (exact) mass is 694 g/mol. The number of nitrogens with zero attached hydrogens (tertiary/aromatic N) is 1. The molecule has 0 spiro atoms. The zero-order chi connectivity index (χ0) is 36.0. The number of hydrogen-bond donors (Lipinski definition) is 5. The van der Waals surface area contributed by atoms with Crippen LogP contribution in [-0.4, -0.2) is 77.9 Å². The third kappa shape index (κ3) is 10.7. The molecule has 3 atom stereocenters. The fourth-order valence-corrected chi connectivity index (χ4v) is 6.70. The SMILES string of the molecule is CC(=O)N[C@@H](COCc1ccccc1)C(=O)N[C@H](CCCCN)C(=O)N[C@@H](Cc1c[nH]c2ccccc12)C(=O)N1CCC(c2ccccc2)CC1. The number of fused-ring (bicyclic) bond motifs is 1. The van der Waals surface area contributed by atoms with Crippen molar-refractivity contribution >= 4 is 34.5 Å². The summed E-state index contributed by atoms with van der Waals surface area (Å²) < 4.78 is 5.79. The Balaban J connectivity index is 1.31. The fourth-order valence-electron chi connectivity index (χ4n) is 6.70. The third-order valence-electron chi connectivity index (χ3n) is 9.46. The Labute approximate surface area is 299 Å². The molecule has 6 N–H and O–H groups in total. The maximum absolute atomic E-state index is 14.2. The highest BCUT2D eigenvalue weighted by Crippen LogP contribution is 2.28. The van der Waals surface area contributed by atoms with Crippen molar-refractivity contribution < 1.29 is 23.9 Å². The lowest BCUT2D eigenvalue weighted by molar-refractivity contribution is -0.138. The molecule has 1 saturated heterocycles. The van der Waals surface area contributed by atoms with Crippen LogP contribution < -0.4 is 21.7 Å². The molecule has 0 bridgehead atoms. The van der Waals surface area contributed by atoms with Crippen LogP contribution in [0.15, 0.2) is 91.1 Å². The molecule has 1 aromatic heterocycles. The number of piperidine rings is 1. The molecule has 0 aliphatic carbocycles. The van der Waals surface area contributed by atoms with E-state index in [0.29, 0.717) is 44.8 Å². The summed E-state index contributed by atoms with van der Waals surface area (Å²) in [7, 11) is 0. The van der Waals surface area contributed by atoms with Gasteiger partial charge < -0.3 is 36.3 Å². The van der Waals surface area contributed by atoms with Gasteiger partial charge in [-0.3, -0.25) is 19.2 Å². The van der Waals surface area contributed by atoms with Crippen molar-refractivity contribution in [3.8, 4) is 0 Å². The molecule has 5 rings (SSSR count). The molecule has 1 aliphatic rings. The molecule has 11 heteroatoms. The van der Waals surface area contributed by atoms with Crippen molar-refractivity contribution in [3.63, 3.8) is 0 Å². The summed E-state index contributed by atoms with van der Waals surface area (Å²) in [6.07, 6.45) is 5.37. The van der Waals surface area contributed by atoms with E-state index in [1.807, 2.05) is 83.9 Å². The Bertz CT molecular complexity index is 1720. The number of hydrogen-bond acceptors (Lipinski definition) is 6. The van der Waals surface area contributed by atoms with Crippen LogP contribution in [0.25, 0.3) is 10.9 Å². The van der Waals surface area contributed by atoms with Crippen molar-refractivity contribution in [1.82, 2.24) is 25.8 Å². The van der Waals surface area contributed by atoms with Crippen LogP contribution in [0.2, 0.25) is 0 Å². The van der Waals surface area contributed by atoms with E-state index in [4.69, 9.17) is 10.5 Å². The zero-order valence-corrected chi connectivity index (χ0v) is 29.3. The van der Waals surface area contributed by atoms with E-state index in [0.717, 1.165) is 34.9 Å². The number of para-hydroxylation sites is 1. The van der Waals surface area contributed by atoms with Gasteiger partial charge in [0.05, 0.1) is 13.2 Å². The molecule has 4 aromatic rings. The second-order valence-corrected chi connectivity index (χ2v) is 13.2. The number of nitrogens with one attached hydrogen (secondary N) is 4. The van der Waals surface area contributed by atoms with E-state index in [1.165, 1.54) is 12.5 Å². The first-order valence-corrected chi connectivity index (χ1v) is 17.9. The number of amides is 4. The average Bonchev–Trinajstić information content (AvgIpc) is 3.56. The quantitative estimate of drug-likeness (QED) is 0.105. The number of aromatic amines is 1. The van der Waals surface area contributed by atoms with Gasteiger partial charge in [0.2, 0.25) is 23.6 Å². The molecule has 11 nitrogen and oxygen atoms in total. The summed E-state index contributed by atoms with van der Waals surface area (Å²) >= 11 is 0. The van der Waals surface area contributed by atoms with E-state index in [-0.39, 0.29) is 25.5 Å². The lowest BCUT2D eigenvalue weighted by atomic mass is 9.89. The van der Waals surface area contributed by atoms with Gasteiger partial charge in [0.1, 0.15) is 18.1 Å². The third-order valence-corrected chi connectivity index (χ3v) is 9.46. The summed E-state index contributed by atoms with van der Waals surface area (Å²) in [4.78, 5) is 59.1. The number of carbonyl (C=O) groups is 4. The van der Waals surface area contributed by atoms with Crippen molar-refractivity contribution in [2.24, 2.45) is 5.73 Å². The summed E-state index contributed by atoms with van der Waals surface area (Å²) in [6.45, 7) is 3.09. The van der Waals surface area contributed by atoms with E-state index in [2.05, 4.69) is 33.1 Å². The highest BCUT2D eigenvalue weighted by atomic mass is 16.5. The average molecular weight is 695 g/mol. The van der Waals surface area contributed by atoms with Gasteiger partial charge in [-0.15, -0.1) is 0 Å². The maximum atomic E-state index is 14.2. The minimum atomic E-state index is -1.02. The molecule has 1 aliphatic heterocycles. The minimum Gasteiger partial charge on any atom is -0.374 e. The highest BCUT2D eigenvalue weighted by molar-refractivity contribution is 5.94. The normalized spacial score (nSPS) is 15.1. The van der Waals surface area contributed by atoms with Crippen molar-refractivity contribution in [3.05, 3.63) is 108 Å². The molecule has 51 heavy (non-hydrogen) atoms. The summed E-state index contributed by atoms with van der Waals surface area (Å²) in [5.41, 5.74) is 9.81. The summed E-state index contributed by atoms with van der Waals surface area (Å²) in [5.74, 6) is -1.20. The van der Waals surface area contributed by atoms with Crippen LogP contribution in [0, 0.1) is 0 Å². The number of aromatic nitrogens is 1. The van der Waals surface area contributed by atoms with Gasteiger partial charge in [-0.1, -0.05) is 78.9 Å². The van der Waals surface area contributed by atoms with Crippen LogP contribution in [0.1, 0.15) is 61.6 Å². The van der Waals surface area contributed by atoms with E-state index >= 15 is 0 Å². The summed E-state index contributed by atoms with van der Waals surface area (Å²) in [5, 5.41) is 9.51. The predicted octanol–water partition coefficient (Wildman–Crippen LogP) is 3.94. The number of carbonyl (C=O) groups excluding carboxylic acids is 4. The van der Waals surface area contributed by atoms with Crippen molar-refractivity contribution in [1.29, 1.82) is 0 Å². The standard InChI is InChI=1S/C40H50N6O5/c1-28(47)43-37(27-51-26-29-12-4-2-5-13-29)39(49)44-35(18-10-11-21-41)38(48)45-36(24-32-25-42-34-17-9-8-16-33(32)34)40(50)46-22-19-31(20-23-46)30-14-6-3-7-15-30/h2-9,12-17,25,31,35-37,42H,10-11,18-24,26-27,41H2,1H3,(H,43,47)(H,44,49)(H,45,48)/t35-,36+,37+/m1/s1. The Morgan fingerprint density at radius 3 is 2.18 bits per heavy atom. The fraction of sp³-hybridized carbons (Fsp3) is 0.400. The van der Waals surface area contributed by atoms with Crippen LogP contribution in [-0.2, 0) is 36.9 Å². The Morgan fingerprint density at radius 1 is 0.824 bits per heavy atom. The lowest BCUT2D eigenvalue weighted by Gasteiger charge is -2.35. The van der Waals surface area contributed by atoms with E-state index in [9.17, 15) is 19.2 Å². The number of rotatable bonds is 17. The maximum Gasteiger partial charge on any atom is 0.245 e. The second-order valence-electron chi connectivity index (χ2n) is 13.2. The van der Waals surface area contributed by atoms with E-state index < -0.39 is 35.8 Å². The number of nitrogens with two attached hydrogens (primary N) is 1. The highest BCUT2D eigenvalue weighted by Gasteiger charge is 2.33. The molecule has 0 unspecified atom stereocenters. The molecular weight excluding hydrogens is 644 g/mol. The lowest BCUT2D eigenvalue weighted by Crippen LogP contribution is -2.58. The number of likely N-dealkylation sites (tertiary alicyclic amines) is 1. The molecular formula is C40H50N6O5. The molecule has 0 saturated carbocycles. The Morgan fingerprint density at radius 2 is 1.47 bits per heavy atom. The first-order valence-electron chi connectivity index (χ1n) is 17.9. The first kappa shape index (κ1) is 37.3. The van der Waals surface area contributed by atoms with Crippen LogP contribution in [0.4, 0.5) is 0 Å². The Hall–Kier alpha value is -5.00. The molecule has 4 amide bonds. The van der Waals surface area contributed by atoms with Crippen LogP contribution in [0.3, 0.4) is 0 Å². The molecule has 0 radical (unpaired) electrons. The molecule has 270 valence electrons. The van der Waals surface area contributed by atoms with Gasteiger partial charge in [0.15, 0.2) is 0 Å². The largest absolute Gasteiger partial charge is 0.374 e. The zero-order valence-electron chi connectivity index (χ0n) is 29.3. The van der Waals surface area contributed by atoms with Gasteiger partial charge in [0.25, 0.3) is 0 Å². The number of benzene rings is 3. The van der Waals surface area contributed by atoms with Gasteiger partial charge in [-0.25, -0.2) is 0 Å². The minimum absolute atomic E-state index is 0.0853. The van der Waals surface area contributed by atoms with Gasteiger partial charge in [0, 0.05) is 43.5 Å². The summed E-state index contributed by atoms with van der Waals surface area (Å²) in [6, 6.07) is 24.9. The van der Waals surface area contributed by atoms with E-state index in [1.54, 1.807) is 0 Å². The van der Waals surface area contributed by atoms with Gasteiger partial charge >= 0.3 is 0 Å². The molecule has 3 aromatic carbocycles. The smallest absolute Gasteiger partial charge is 0.245 e. The second kappa shape index (κ2) is 18.8. The number of H-pyrrole nitrogens is 1. The topological polar surface area (TPSA) is 159 Å². The first-order chi connectivity index (χ1) is 24.8. The van der Waals surface area contributed by atoms with Crippen LogP contribution in [0.5, 0.6) is 0 Å². The Kier molecular flexibility index (Phi) is 13.8. The van der Waals surface area contributed by atoms with Crippen molar-refractivity contribution in [2.45, 2.75) is 76.1 Å². The molecule has 1 fully saturated rings. The van der Waals surface area contributed by atoms with Gasteiger partial charge in [-0.05, 0) is 67.3 Å². The molecule has 2 heterocycles. The number of ether oxygens (including phenoxy) is 1.